The molecule has 0 amide bonds. The minimum Gasteiger partial charge on any atom is -0.387 e. The third-order valence-electron chi connectivity index (χ3n) is 2.47. The Labute approximate surface area is 85.0 Å². The van der Waals surface area contributed by atoms with Crippen molar-refractivity contribution >= 4 is 18.5 Å². The summed E-state index contributed by atoms with van der Waals surface area (Å²) in [6.45, 7) is 0. The molecule has 14 heavy (non-hydrogen) atoms. The van der Waals surface area contributed by atoms with Crippen LogP contribution in [0.2, 0.25) is 0 Å². The van der Waals surface area contributed by atoms with Crippen LogP contribution in [0.25, 0.3) is 0 Å². The quantitative estimate of drug-likeness (QED) is 0.247. The molecule has 0 aromatic heterocycles. The van der Waals surface area contributed by atoms with Gasteiger partial charge in [-0.05, 0) is 0 Å². The average Bonchev–Trinajstić information content (AvgIpc) is 2.11. The monoisotopic (exact) mass is 244 g/mol. The SMILES string of the molecule is O[C@@H]1[C@H](O)[C@@](O)(P)[C@@H](O)[C@@](O)(P)[C@H]1O. The molecule has 1 saturated carbocycles. The van der Waals surface area contributed by atoms with Gasteiger partial charge in [-0.2, -0.15) is 0 Å². The second-order valence-corrected chi connectivity index (χ2v) is 5.41. The highest BCUT2D eigenvalue weighted by atomic mass is 31.0. The Hall–Kier alpha value is 0.620. The molecular formula is C6H14O6P2. The van der Waals surface area contributed by atoms with Crippen molar-refractivity contribution in [2.45, 2.75) is 35.1 Å². The zero-order chi connectivity index (χ0) is 11.3. The molecule has 1 aliphatic carbocycles. The van der Waals surface area contributed by atoms with Crippen LogP contribution in [0.1, 0.15) is 0 Å². The van der Waals surface area contributed by atoms with Crippen LogP contribution in [0.3, 0.4) is 0 Å². The lowest BCUT2D eigenvalue weighted by Crippen LogP contribution is -2.72. The van der Waals surface area contributed by atoms with E-state index in [1.807, 2.05) is 0 Å². The summed E-state index contributed by atoms with van der Waals surface area (Å²) in [5, 5.41) is 52.1. The van der Waals surface area contributed by atoms with Gasteiger partial charge in [0.25, 0.3) is 0 Å². The topological polar surface area (TPSA) is 121 Å². The fourth-order valence-electron chi connectivity index (χ4n) is 1.41. The Morgan fingerprint density at radius 1 is 0.786 bits per heavy atom. The maximum absolute atomic E-state index is 9.55. The van der Waals surface area contributed by atoms with Gasteiger partial charge in [0.15, 0.2) is 0 Å². The van der Waals surface area contributed by atoms with E-state index in [0.29, 0.717) is 0 Å². The first-order valence-electron chi connectivity index (χ1n) is 3.88. The van der Waals surface area contributed by atoms with E-state index in [4.69, 9.17) is 0 Å². The van der Waals surface area contributed by atoms with Crippen LogP contribution in [0.15, 0.2) is 0 Å². The van der Waals surface area contributed by atoms with Gasteiger partial charge in [0.1, 0.15) is 35.1 Å². The van der Waals surface area contributed by atoms with Crippen LogP contribution < -0.4 is 0 Å². The molecule has 0 radical (unpaired) electrons. The Morgan fingerprint density at radius 2 is 1.07 bits per heavy atom. The summed E-state index contributed by atoms with van der Waals surface area (Å²) >= 11 is 0. The van der Waals surface area contributed by atoms with Crippen molar-refractivity contribution < 1.29 is 30.6 Å². The molecule has 1 fully saturated rings. The second kappa shape index (κ2) is 3.58. The molecule has 8 atom stereocenters. The lowest BCUT2D eigenvalue weighted by molar-refractivity contribution is -0.248. The highest BCUT2D eigenvalue weighted by molar-refractivity contribution is 7.20. The standard InChI is InChI=1S/C6H14O6P2/c7-1-2(8)5(11,13)4(10)6(12,14)3(1)9/h1-4,7-12H,13-14H2/t1-,2-,3-,4-,5-,6+/m0/s1. The fraction of sp³-hybridized carbons (Fsp3) is 1.00. The number of hydrogen-bond donors (Lipinski definition) is 6. The molecule has 0 bridgehead atoms. The van der Waals surface area contributed by atoms with Crippen LogP contribution in [0.5, 0.6) is 0 Å². The third kappa shape index (κ3) is 1.60. The van der Waals surface area contributed by atoms with E-state index in [-0.39, 0.29) is 0 Å². The summed E-state index contributed by atoms with van der Waals surface area (Å²) < 4.78 is 0. The zero-order valence-corrected chi connectivity index (χ0v) is 9.46. The van der Waals surface area contributed by atoms with Crippen molar-refractivity contribution in [1.29, 1.82) is 0 Å². The first-order chi connectivity index (χ1) is 6.13. The molecule has 1 aliphatic rings. The van der Waals surface area contributed by atoms with Gasteiger partial charge in [-0.25, -0.2) is 0 Å². The van der Waals surface area contributed by atoms with E-state index in [0.717, 1.165) is 0 Å². The summed E-state index contributed by atoms with van der Waals surface area (Å²) in [5.74, 6) is 0. The molecule has 6 nitrogen and oxygen atoms in total. The lowest BCUT2D eigenvalue weighted by atomic mass is 9.83. The van der Waals surface area contributed by atoms with Crippen molar-refractivity contribution in [2.24, 2.45) is 0 Å². The van der Waals surface area contributed by atoms with E-state index in [2.05, 4.69) is 0 Å². The number of aliphatic hydroxyl groups excluding tert-OH is 4. The predicted molar refractivity (Wildman–Crippen MR) is 53.3 cm³/mol. The summed E-state index contributed by atoms with van der Waals surface area (Å²) in [6.07, 6.45) is -7.10. The fourth-order valence-corrected chi connectivity index (χ4v) is 2.53. The summed E-state index contributed by atoms with van der Waals surface area (Å²) in [4.78, 5) is 0. The average molecular weight is 244 g/mol. The molecule has 0 spiro atoms. The van der Waals surface area contributed by atoms with Gasteiger partial charge in [-0.15, -0.1) is 0 Å². The van der Waals surface area contributed by atoms with Gasteiger partial charge in [0.05, 0.1) is 0 Å². The molecule has 0 aliphatic heterocycles. The summed E-state index contributed by atoms with van der Waals surface area (Å²) in [5.41, 5.74) is 0. The van der Waals surface area contributed by atoms with E-state index in [1.165, 1.54) is 0 Å². The Kier molecular flexibility index (Phi) is 3.24. The summed E-state index contributed by atoms with van der Waals surface area (Å²) in [6, 6.07) is 0. The zero-order valence-electron chi connectivity index (χ0n) is 7.15. The Balaban J connectivity index is 3.09. The van der Waals surface area contributed by atoms with Gasteiger partial charge in [0.2, 0.25) is 0 Å². The number of aliphatic hydroxyl groups is 6. The molecule has 0 aromatic carbocycles. The van der Waals surface area contributed by atoms with Crippen molar-refractivity contribution in [3.05, 3.63) is 0 Å². The van der Waals surface area contributed by atoms with E-state index >= 15 is 0 Å². The van der Waals surface area contributed by atoms with Crippen LogP contribution in [0.4, 0.5) is 0 Å². The number of hydrogen-bond acceptors (Lipinski definition) is 6. The van der Waals surface area contributed by atoms with Crippen LogP contribution in [-0.2, 0) is 0 Å². The van der Waals surface area contributed by atoms with Crippen molar-refractivity contribution in [2.75, 3.05) is 0 Å². The molecule has 8 heteroatoms. The van der Waals surface area contributed by atoms with Gasteiger partial charge < -0.3 is 30.6 Å². The maximum atomic E-state index is 9.55. The molecule has 84 valence electrons. The number of rotatable bonds is 0. The first kappa shape index (κ1) is 12.7. The van der Waals surface area contributed by atoms with E-state index < -0.39 is 35.1 Å². The smallest absolute Gasteiger partial charge is 0.135 e. The third-order valence-corrected chi connectivity index (χ3v) is 3.79. The minimum absolute atomic E-state index is 1.74. The molecule has 0 saturated heterocycles. The van der Waals surface area contributed by atoms with Gasteiger partial charge >= 0.3 is 0 Å². The van der Waals surface area contributed by atoms with E-state index in [1.54, 1.807) is 18.5 Å². The molecule has 2 unspecified atom stereocenters. The molecule has 1 rings (SSSR count). The highest BCUT2D eigenvalue weighted by Gasteiger charge is 2.61. The molecule has 6 N–H and O–H groups in total. The normalized spacial score (nSPS) is 60.0. The molecular weight excluding hydrogens is 230 g/mol. The van der Waals surface area contributed by atoms with Gasteiger partial charge in [-0.1, -0.05) is 18.5 Å². The van der Waals surface area contributed by atoms with Gasteiger partial charge in [0, 0.05) is 0 Å². The van der Waals surface area contributed by atoms with E-state index in [9.17, 15) is 30.6 Å². The predicted octanol–water partition coefficient (Wildman–Crippen LogP) is -3.43. The van der Waals surface area contributed by atoms with Gasteiger partial charge in [-0.3, -0.25) is 0 Å². The summed E-state index contributed by atoms with van der Waals surface area (Å²) in [7, 11) is 3.47. The van der Waals surface area contributed by atoms with Crippen molar-refractivity contribution in [1.82, 2.24) is 0 Å². The van der Waals surface area contributed by atoms with Crippen molar-refractivity contribution in [3.63, 3.8) is 0 Å². The maximum Gasteiger partial charge on any atom is 0.135 e. The molecule has 0 heterocycles. The minimum atomic E-state index is -2.17. The van der Waals surface area contributed by atoms with Crippen LogP contribution >= 0.6 is 18.5 Å². The lowest BCUT2D eigenvalue weighted by Gasteiger charge is -2.50. The van der Waals surface area contributed by atoms with Crippen LogP contribution in [0, 0.1) is 0 Å². The first-order valence-corrected chi connectivity index (χ1v) is 5.03. The van der Waals surface area contributed by atoms with Crippen LogP contribution in [-0.4, -0.2) is 65.7 Å². The Morgan fingerprint density at radius 3 is 1.36 bits per heavy atom. The van der Waals surface area contributed by atoms with Crippen molar-refractivity contribution in [3.8, 4) is 0 Å². The largest absolute Gasteiger partial charge is 0.387 e. The second-order valence-electron chi connectivity index (χ2n) is 3.56. The highest BCUT2D eigenvalue weighted by Crippen LogP contribution is 2.43. The Bertz CT molecular complexity index is 210. The molecule has 0 aromatic rings.